The highest BCUT2D eigenvalue weighted by atomic mass is 16.5. The van der Waals surface area contributed by atoms with Gasteiger partial charge in [0.25, 0.3) is 0 Å². The van der Waals surface area contributed by atoms with Crippen molar-refractivity contribution >= 4 is 5.82 Å². The van der Waals surface area contributed by atoms with Gasteiger partial charge in [0, 0.05) is 18.1 Å². The fourth-order valence-electron chi connectivity index (χ4n) is 2.00. The number of hydrogen-bond donors (Lipinski definition) is 1. The monoisotopic (exact) mass is 216 g/mol. The van der Waals surface area contributed by atoms with Gasteiger partial charge in [0.15, 0.2) is 11.6 Å². The van der Waals surface area contributed by atoms with E-state index in [0.717, 1.165) is 17.7 Å². The van der Waals surface area contributed by atoms with Crippen LogP contribution in [0.25, 0.3) is 11.3 Å². The van der Waals surface area contributed by atoms with Crippen molar-refractivity contribution in [1.29, 1.82) is 0 Å². The molecule has 2 N–H and O–H groups in total. The number of nitrogen functional groups attached to an aromatic ring is 1. The Morgan fingerprint density at radius 3 is 3.00 bits per heavy atom. The van der Waals surface area contributed by atoms with Crippen molar-refractivity contribution in [3.05, 3.63) is 29.8 Å². The molecule has 0 radical (unpaired) electrons. The van der Waals surface area contributed by atoms with E-state index in [1.807, 2.05) is 12.1 Å². The molecule has 1 aromatic carbocycles. The molecule has 1 aliphatic rings. The maximum atomic E-state index is 5.63. The summed E-state index contributed by atoms with van der Waals surface area (Å²) in [6.07, 6.45) is 1.19. The number of anilines is 1. The summed E-state index contributed by atoms with van der Waals surface area (Å²) in [6, 6.07) is 7.71. The third-order valence-electron chi connectivity index (χ3n) is 2.71. The Kier molecular flexibility index (Phi) is 1.89. The van der Waals surface area contributed by atoms with Crippen LogP contribution in [0.3, 0.4) is 0 Å². The van der Waals surface area contributed by atoms with E-state index < -0.39 is 0 Å². The summed E-state index contributed by atoms with van der Waals surface area (Å²) in [5.41, 5.74) is 7.72. The molecule has 0 saturated carbocycles. The van der Waals surface area contributed by atoms with Gasteiger partial charge < -0.3 is 15.0 Å². The lowest BCUT2D eigenvalue weighted by Gasteiger charge is -2.02. The zero-order valence-electron chi connectivity index (χ0n) is 8.93. The van der Waals surface area contributed by atoms with Gasteiger partial charge in [-0.25, -0.2) is 0 Å². The summed E-state index contributed by atoms with van der Waals surface area (Å²) in [6.45, 7) is 2.06. The minimum Gasteiger partial charge on any atom is -0.490 e. The fourth-order valence-corrected chi connectivity index (χ4v) is 2.00. The summed E-state index contributed by atoms with van der Waals surface area (Å²) < 4.78 is 10.8. The second-order valence-corrected chi connectivity index (χ2v) is 4.07. The molecule has 4 heteroatoms. The molecule has 82 valence electrons. The summed E-state index contributed by atoms with van der Waals surface area (Å²) in [7, 11) is 0. The lowest BCUT2D eigenvalue weighted by Crippen LogP contribution is -2.05. The SMILES string of the molecule is CC1Cc2cc(-c3cc(N)no3)ccc2O1. The van der Waals surface area contributed by atoms with Crippen LogP contribution < -0.4 is 10.5 Å². The molecule has 1 aromatic heterocycles. The Bertz CT molecular complexity index is 534. The van der Waals surface area contributed by atoms with E-state index in [0.29, 0.717) is 11.6 Å². The van der Waals surface area contributed by atoms with E-state index in [1.54, 1.807) is 6.07 Å². The van der Waals surface area contributed by atoms with Crippen LogP contribution in [0.4, 0.5) is 5.82 Å². The van der Waals surface area contributed by atoms with Crippen LogP contribution in [0.5, 0.6) is 5.75 Å². The number of aromatic nitrogens is 1. The Hall–Kier alpha value is -1.97. The summed E-state index contributed by atoms with van der Waals surface area (Å²) in [5, 5.41) is 3.67. The van der Waals surface area contributed by atoms with Crippen molar-refractivity contribution in [3.63, 3.8) is 0 Å². The minimum absolute atomic E-state index is 0.255. The van der Waals surface area contributed by atoms with Gasteiger partial charge in [-0.15, -0.1) is 0 Å². The molecule has 1 atom stereocenters. The van der Waals surface area contributed by atoms with Crippen LogP contribution in [0.2, 0.25) is 0 Å². The molecule has 0 saturated heterocycles. The van der Waals surface area contributed by atoms with E-state index in [2.05, 4.69) is 18.1 Å². The predicted octanol–water partition coefficient (Wildman–Crippen LogP) is 2.25. The molecule has 0 aliphatic carbocycles. The van der Waals surface area contributed by atoms with Gasteiger partial charge in [0.2, 0.25) is 0 Å². The predicted molar refractivity (Wildman–Crippen MR) is 60.1 cm³/mol. The molecule has 2 aromatic rings. The van der Waals surface area contributed by atoms with E-state index in [4.69, 9.17) is 15.0 Å². The Morgan fingerprint density at radius 1 is 1.38 bits per heavy atom. The molecule has 2 heterocycles. The third-order valence-corrected chi connectivity index (χ3v) is 2.71. The van der Waals surface area contributed by atoms with Crippen molar-refractivity contribution < 1.29 is 9.26 Å². The van der Waals surface area contributed by atoms with Crippen LogP contribution in [0.15, 0.2) is 28.8 Å². The normalized spacial score (nSPS) is 18.2. The lowest BCUT2D eigenvalue weighted by molar-refractivity contribution is 0.254. The van der Waals surface area contributed by atoms with Crippen LogP contribution >= 0.6 is 0 Å². The number of fused-ring (bicyclic) bond motifs is 1. The smallest absolute Gasteiger partial charge is 0.169 e. The molecule has 0 bridgehead atoms. The highest BCUT2D eigenvalue weighted by Gasteiger charge is 2.19. The molecule has 16 heavy (non-hydrogen) atoms. The Balaban J connectivity index is 2.02. The molecule has 0 amide bonds. The standard InChI is InChI=1S/C12H12N2O2/c1-7-4-9-5-8(2-3-10(9)15-7)11-6-12(13)14-16-11/h2-3,5-7H,4H2,1H3,(H2,13,14). The number of nitrogens with zero attached hydrogens (tertiary/aromatic N) is 1. The first-order valence-electron chi connectivity index (χ1n) is 5.24. The molecule has 0 fully saturated rings. The second-order valence-electron chi connectivity index (χ2n) is 4.07. The van der Waals surface area contributed by atoms with E-state index in [-0.39, 0.29) is 6.10 Å². The molecule has 0 spiro atoms. The summed E-state index contributed by atoms with van der Waals surface area (Å²) in [4.78, 5) is 0. The second kappa shape index (κ2) is 3.27. The van der Waals surface area contributed by atoms with Crippen molar-refractivity contribution in [2.75, 3.05) is 5.73 Å². The number of ether oxygens (including phenoxy) is 1. The van der Waals surface area contributed by atoms with Gasteiger partial charge in [-0.1, -0.05) is 5.16 Å². The van der Waals surface area contributed by atoms with Crippen LogP contribution in [-0.4, -0.2) is 11.3 Å². The van der Waals surface area contributed by atoms with E-state index in [9.17, 15) is 0 Å². The van der Waals surface area contributed by atoms with E-state index in [1.165, 1.54) is 5.56 Å². The van der Waals surface area contributed by atoms with Gasteiger partial charge in [-0.05, 0) is 30.7 Å². The highest BCUT2D eigenvalue weighted by molar-refractivity contribution is 5.63. The summed E-state index contributed by atoms with van der Waals surface area (Å²) >= 11 is 0. The number of nitrogens with two attached hydrogens (primary N) is 1. The van der Waals surface area contributed by atoms with Gasteiger partial charge >= 0.3 is 0 Å². The first-order chi connectivity index (χ1) is 7.72. The molecule has 1 unspecified atom stereocenters. The van der Waals surface area contributed by atoms with Crippen molar-refractivity contribution in [2.24, 2.45) is 0 Å². The lowest BCUT2D eigenvalue weighted by atomic mass is 10.1. The van der Waals surface area contributed by atoms with Gasteiger partial charge in [0.1, 0.15) is 11.9 Å². The van der Waals surface area contributed by atoms with Crippen LogP contribution in [-0.2, 0) is 6.42 Å². The average Bonchev–Trinajstić information content (AvgIpc) is 2.81. The molecule has 4 nitrogen and oxygen atoms in total. The van der Waals surface area contributed by atoms with E-state index >= 15 is 0 Å². The zero-order chi connectivity index (χ0) is 11.1. The third kappa shape index (κ3) is 1.43. The van der Waals surface area contributed by atoms with Crippen LogP contribution in [0.1, 0.15) is 12.5 Å². The first-order valence-corrected chi connectivity index (χ1v) is 5.24. The average molecular weight is 216 g/mol. The van der Waals surface area contributed by atoms with Crippen molar-refractivity contribution in [3.8, 4) is 17.1 Å². The van der Waals surface area contributed by atoms with Gasteiger partial charge in [0.05, 0.1) is 0 Å². The first kappa shape index (κ1) is 9.27. The number of hydrogen-bond acceptors (Lipinski definition) is 4. The maximum Gasteiger partial charge on any atom is 0.169 e. The quantitative estimate of drug-likeness (QED) is 0.794. The Morgan fingerprint density at radius 2 is 2.25 bits per heavy atom. The Labute approximate surface area is 93.0 Å². The number of benzene rings is 1. The largest absolute Gasteiger partial charge is 0.490 e. The van der Waals surface area contributed by atoms with Gasteiger partial charge in [-0.3, -0.25) is 0 Å². The minimum atomic E-state index is 0.255. The maximum absolute atomic E-state index is 5.63. The molecule has 3 rings (SSSR count). The molecule has 1 aliphatic heterocycles. The van der Waals surface area contributed by atoms with Crippen molar-refractivity contribution in [1.82, 2.24) is 5.16 Å². The molecular weight excluding hydrogens is 204 g/mol. The topological polar surface area (TPSA) is 61.3 Å². The zero-order valence-corrected chi connectivity index (χ0v) is 8.93. The highest BCUT2D eigenvalue weighted by Crippen LogP contribution is 2.33. The summed E-state index contributed by atoms with van der Waals surface area (Å²) in [5.74, 6) is 2.06. The van der Waals surface area contributed by atoms with Crippen molar-refractivity contribution in [2.45, 2.75) is 19.4 Å². The number of rotatable bonds is 1. The van der Waals surface area contributed by atoms with Gasteiger partial charge in [-0.2, -0.15) is 0 Å². The van der Waals surface area contributed by atoms with Crippen LogP contribution in [0, 0.1) is 0 Å². The molecular formula is C12H12N2O2. The fraction of sp³-hybridized carbons (Fsp3) is 0.250.